The van der Waals surface area contributed by atoms with Crippen molar-refractivity contribution in [3.63, 3.8) is 0 Å². The van der Waals surface area contributed by atoms with Crippen LogP contribution < -0.4 is 16.8 Å². The molecule has 0 aliphatic rings. The summed E-state index contributed by atoms with van der Waals surface area (Å²) in [6.45, 7) is 0. The second kappa shape index (κ2) is 7.99. The molecular weight excluding hydrogens is 294 g/mol. The fraction of sp³-hybridized carbons (Fsp3) is 0. The van der Waals surface area contributed by atoms with Gasteiger partial charge in [-0.05, 0) is 24.3 Å². The number of nitrogens with zero attached hydrogens (tertiary/aromatic N) is 2. The fourth-order valence-electron chi connectivity index (χ4n) is 1.48. The Bertz CT molecular complexity index is 581. The molecule has 0 saturated carbocycles. The number of hydrogen-bond donors (Lipinski definition) is 3. The van der Waals surface area contributed by atoms with Crippen LogP contribution >= 0.6 is 0 Å². The molecule has 0 amide bonds. The van der Waals surface area contributed by atoms with Crippen LogP contribution in [0.15, 0.2) is 70.6 Å². The molecule has 6 heteroatoms. The molecule has 2 rings (SSSR count). The number of guanidine groups is 2. The molecular formula is C14H15FeN5. The van der Waals surface area contributed by atoms with Gasteiger partial charge in [0.2, 0.25) is 11.9 Å². The number of hydrogen-bond acceptors (Lipinski definition) is 1. The first-order valence-electron chi connectivity index (χ1n) is 5.79. The molecule has 0 unspecified atom stereocenters. The summed E-state index contributed by atoms with van der Waals surface area (Å²) in [7, 11) is 0. The first-order chi connectivity index (χ1) is 9.24. The van der Waals surface area contributed by atoms with E-state index in [0.717, 1.165) is 11.4 Å². The van der Waals surface area contributed by atoms with Crippen LogP contribution in [-0.2, 0) is 17.1 Å². The second-order valence-electron chi connectivity index (χ2n) is 3.79. The normalized spacial score (nSPS) is 11.6. The average Bonchev–Trinajstić information content (AvgIpc) is 2.40. The number of nitrogens with one attached hydrogen (secondary N) is 1. The zero-order chi connectivity index (χ0) is 13.5. The van der Waals surface area contributed by atoms with Gasteiger partial charge in [-0.1, -0.05) is 36.4 Å². The smallest absolute Gasteiger partial charge is 0.223 e. The molecule has 0 spiro atoms. The molecule has 0 atom stereocenters. The van der Waals surface area contributed by atoms with Gasteiger partial charge in [0.25, 0.3) is 0 Å². The molecule has 0 aliphatic heterocycles. The summed E-state index contributed by atoms with van der Waals surface area (Å²) < 4.78 is 0. The van der Waals surface area contributed by atoms with E-state index in [4.69, 9.17) is 11.5 Å². The largest absolute Gasteiger partial charge is 0.369 e. The Morgan fingerprint density at radius 3 is 2.00 bits per heavy atom. The van der Waals surface area contributed by atoms with Gasteiger partial charge >= 0.3 is 0 Å². The third-order valence-corrected chi connectivity index (χ3v) is 2.28. The second-order valence-corrected chi connectivity index (χ2v) is 3.79. The summed E-state index contributed by atoms with van der Waals surface area (Å²) in [6.07, 6.45) is 0. The Balaban J connectivity index is 0.00000200. The molecule has 0 fully saturated rings. The molecule has 104 valence electrons. The van der Waals surface area contributed by atoms with Crippen molar-refractivity contribution in [2.45, 2.75) is 0 Å². The van der Waals surface area contributed by atoms with Gasteiger partial charge in [0, 0.05) is 22.8 Å². The van der Waals surface area contributed by atoms with Gasteiger partial charge in [0.1, 0.15) is 0 Å². The molecule has 5 N–H and O–H groups in total. The van der Waals surface area contributed by atoms with Gasteiger partial charge in [-0.2, -0.15) is 4.99 Å². The van der Waals surface area contributed by atoms with Gasteiger partial charge in [-0.3, -0.25) is 0 Å². The topological polar surface area (TPSA) is 88.8 Å². The molecule has 0 saturated heterocycles. The van der Waals surface area contributed by atoms with Gasteiger partial charge in [-0.15, -0.1) is 0 Å². The maximum absolute atomic E-state index is 5.74. The van der Waals surface area contributed by atoms with Crippen molar-refractivity contribution in [2.75, 3.05) is 5.32 Å². The van der Waals surface area contributed by atoms with Crippen LogP contribution in [0.1, 0.15) is 0 Å². The summed E-state index contributed by atoms with van der Waals surface area (Å²) in [5, 5.41) is 2.93. The van der Waals surface area contributed by atoms with Gasteiger partial charge in [0.15, 0.2) is 0 Å². The molecule has 0 aromatic heterocycles. The van der Waals surface area contributed by atoms with Crippen LogP contribution in [0.5, 0.6) is 0 Å². The van der Waals surface area contributed by atoms with E-state index < -0.39 is 0 Å². The first-order valence-corrected chi connectivity index (χ1v) is 5.79. The predicted molar refractivity (Wildman–Crippen MR) is 79.4 cm³/mol. The molecule has 0 aliphatic carbocycles. The van der Waals surface area contributed by atoms with E-state index in [1.807, 2.05) is 60.7 Å². The molecule has 0 radical (unpaired) electrons. The molecule has 0 heterocycles. The van der Waals surface area contributed by atoms with E-state index in [2.05, 4.69) is 15.3 Å². The zero-order valence-corrected chi connectivity index (χ0v) is 11.8. The Labute approximate surface area is 128 Å². The van der Waals surface area contributed by atoms with Crippen LogP contribution in [0.3, 0.4) is 0 Å². The van der Waals surface area contributed by atoms with Crippen LogP contribution in [0, 0.1) is 0 Å². The van der Waals surface area contributed by atoms with Gasteiger partial charge in [-0.25, -0.2) is 4.99 Å². The monoisotopic (exact) mass is 309 g/mol. The third kappa shape index (κ3) is 5.14. The quantitative estimate of drug-likeness (QED) is 0.451. The predicted octanol–water partition coefficient (Wildman–Crippen LogP) is 2.06. The van der Waals surface area contributed by atoms with Crippen molar-refractivity contribution in [3.8, 4) is 0 Å². The minimum absolute atomic E-state index is 0. The number of benzene rings is 2. The Hall–Kier alpha value is -2.30. The summed E-state index contributed by atoms with van der Waals surface area (Å²) in [6, 6.07) is 18.8. The standard InChI is InChI=1S/C14H15N5.Fe/c15-13(17-11-7-3-1-4-8-11)19-14(16)18-12-9-5-2-6-10-12;/h1-10H,(H5,15,16,17,18,19);. The maximum atomic E-state index is 5.74. The number of aliphatic imine (C=N–C) groups is 2. The summed E-state index contributed by atoms with van der Waals surface area (Å²) in [4.78, 5) is 8.11. The fourth-order valence-corrected chi connectivity index (χ4v) is 1.48. The third-order valence-electron chi connectivity index (χ3n) is 2.28. The van der Waals surface area contributed by atoms with E-state index in [1.165, 1.54) is 0 Å². The molecule has 2 aromatic carbocycles. The summed E-state index contributed by atoms with van der Waals surface area (Å²) in [5.41, 5.74) is 13.0. The first kappa shape index (κ1) is 15.8. The average molecular weight is 309 g/mol. The zero-order valence-electron chi connectivity index (χ0n) is 10.7. The van der Waals surface area contributed by atoms with E-state index in [9.17, 15) is 0 Å². The minimum atomic E-state index is 0. The number of rotatable bonds is 2. The van der Waals surface area contributed by atoms with Crippen LogP contribution in [0.2, 0.25) is 0 Å². The Morgan fingerprint density at radius 2 is 1.40 bits per heavy atom. The molecule has 0 bridgehead atoms. The number of anilines is 1. The van der Waals surface area contributed by atoms with Crippen molar-refractivity contribution in [1.29, 1.82) is 0 Å². The van der Waals surface area contributed by atoms with E-state index >= 15 is 0 Å². The SMILES string of the molecule is NC(=Nc1ccccc1)N=C(N)Nc1ccccc1.[Fe]. The van der Waals surface area contributed by atoms with Crippen molar-refractivity contribution in [3.05, 3.63) is 60.7 Å². The minimum Gasteiger partial charge on any atom is -0.369 e. The summed E-state index contributed by atoms with van der Waals surface area (Å²) >= 11 is 0. The van der Waals surface area contributed by atoms with Crippen molar-refractivity contribution in [2.24, 2.45) is 21.5 Å². The number of nitrogens with two attached hydrogens (primary N) is 2. The van der Waals surface area contributed by atoms with Crippen molar-refractivity contribution in [1.82, 2.24) is 0 Å². The molecule has 5 nitrogen and oxygen atoms in total. The summed E-state index contributed by atoms with van der Waals surface area (Å²) in [5.74, 6) is 0.301. The van der Waals surface area contributed by atoms with Crippen LogP contribution in [-0.4, -0.2) is 11.9 Å². The molecule has 20 heavy (non-hydrogen) atoms. The van der Waals surface area contributed by atoms with Crippen molar-refractivity contribution >= 4 is 23.3 Å². The van der Waals surface area contributed by atoms with Crippen LogP contribution in [0.4, 0.5) is 11.4 Å². The molecule has 2 aromatic rings. The van der Waals surface area contributed by atoms with Crippen LogP contribution in [0.25, 0.3) is 0 Å². The van der Waals surface area contributed by atoms with E-state index in [-0.39, 0.29) is 29.0 Å². The number of para-hydroxylation sites is 2. The maximum Gasteiger partial charge on any atom is 0.223 e. The van der Waals surface area contributed by atoms with Gasteiger partial charge < -0.3 is 16.8 Å². The van der Waals surface area contributed by atoms with E-state index in [0.29, 0.717) is 0 Å². The Kier molecular flexibility index (Phi) is 6.29. The Morgan fingerprint density at radius 1 is 0.850 bits per heavy atom. The van der Waals surface area contributed by atoms with Crippen molar-refractivity contribution < 1.29 is 17.1 Å². The van der Waals surface area contributed by atoms with E-state index in [1.54, 1.807) is 0 Å². The van der Waals surface area contributed by atoms with Gasteiger partial charge in [0.05, 0.1) is 5.69 Å².